The molecule has 160 valence electrons. The summed E-state index contributed by atoms with van der Waals surface area (Å²) in [5.41, 5.74) is 0.564. The maximum atomic E-state index is 12.6. The third-order valence-corrected chi connectivity index (χ3v) is 6.37. The molecule has 0 unspecified atom stereocenters. The summed E-state index contributed by atoms with van der Waals surface area (Å²) in [6, 6.07) is 6.85. The quantitative estimate of drug-likeness (QED) is 0.516. The molecular weight excluding hydrogens is 388 g/mol. The molecule has 4 atom stereocenters. The second-order valence-corrected chi connectivity index (χ2v) is 8.13. The van der Waals surface area contributed by atoms with Gasteiger partial charge in [-0.1, -0.05) is 0 Å². The molecule has 2 aliphatic carbocycles. The summed E-state index contributed by atoms with van der Waals surface area (Å²) in [5, 5.41) is 2.63. The first-order valence-corrected chi connectivity index (χ1v) is 10.5. The number of imide groups is 1. The molecule has 1 N–H and O–H groups in total. The van der Waals surface area contributed by atoms with Crippen molar-refractivity contribution in [3.8, 4) is 5.75 Å². The topological polar surface area (TPSA) is 102 Å². The number of nitrogens with zero attached hydrogens (tertiary/aromatic N) is 1. The van der Waals surface area contributed by atoms with Crippen molar-refractivity contribution < 1.29 is 28.7 Å². The van der Waals surface area contributed by atoms with E-state index in [2.05, 4.69) is 5.32 Å². The number of carbonyl (C=O) groups is 4. The molecule has 3 aliphatic rings. The molecule has 0 radical (unpaired) electrons. The number of likely N-dealkylation sites (tertiary alicyclic amines) is 1. The lowest BCUT2D eigenvalue weighted by atomic mass is 9.81. The van der Waals surface area contributed by atoms with Gasteiger partial charge in [-0.2, -0.15) is 0 Å². The Morgan fingerprint density at radius 2 is 1.70 bits per heavy atom. The minimum Gasteiger partial charge on any atom is -0.494 e. The monoisotopic (exact) mass is 414 g/mol. The average molecular weight is 414 g/mol. The molecule has 8 nitrogen and oxygen atoms in total. The van der Waals surface area contributed by atoms with E-state index >= 15 is 0 Å². The third kappa shape index (κ3) is 3.91. The summed E-state index contributed by atoms with van der Waals surface area (Å²) in [4.78, 5) is 50.4. The van der Waals surface area contributed by atoms with Crippen LogP contribution in [0.15, 0.2) is 24.3 Å². The van der Waals surface area contributed by atoms with Gasteiger partial charge in [0.05, 0.1) is 24.9 Å². The van der Waals surface area contributed by atoms with E-state index in [1.807, 2.05) is 6.92 Å². The van der Waals surface area contributed by atoms with Gasteiger partial charge in [0.1, 0.15) is 5.75 Å². The van der Waals surface area contributed by atoms with E-state index in [0.29, 0.717) is 29.9 Å². The minimum atomic E-state index is -0.613. The van der Waals surface area contributed by atoms with Crippen LogP contribution in [-0.4, -0.2) is 48.3 Å². The minimum absolute atomic E-state index is 0.0173. The molecule has 1 heterocycles. The number of fused-ring (bicyclic) bond motifs is 5. The zero-order valence-corrected chi connectivity index (χ0v) is 17.0. The van der Waals surface area contributed by atoms with E-state index in [0.717, 1.165) is 19.3 Å². The smallest absolute Gasteiger partial charge is 0.308 e. The number of carbonyl (C=O) groups excluding carboxylic acids is 4. The normalized spacial score (nSPS) is 26.6. The maximum absolute atomic E-state index is 12.6. The molecule has 1 aliphatic heterocycles. The van der Waals surface area contributed by atoms with Crippen molar-refractivity contribution in [3.63, 3.8) is 0 Å². The average Bonchev–Trinajstić information content (AvgIpc) is 3.41. The van der Waals surface area contributed by atoms with Crippen LogP contribution in [0.1, 0.15) is 32.6 Å². The van der Waals surface area contributed by atoms with Crippen LogP contribution in [0.3, 0.4) is 0 Å². The number of nitrogens with one attached hydrogen (secondary N) is 1. The molecule has 1 aromatic rings. The molecule has 0 aromatic heterocycles. The maximum Gasteiger partial charge on any atom is 0.308 e. The first-order chi connectivity index (χ1) is 14.5. The van der Waals surface area contributed by atoms with E-state index in [-0.39, 0.29) is 36.6 Å². The van der Waals surface area contributed by atoms with Gasteiger partial charge in [0.15, 0.2) is 6.61 Å². The van der Waals surface area contributed by atoms with Crippen molar-refractivity contribution in [1.29, 1.82) is 0 Å². The van der Waals surface area contributed by atoms with Crippen LogP contribution in [0.5, 0.6) is 5.75 Å². The van der Waals surface area contributed by atoms with Crippen LogP contribution in [0.4, 0.5) is 5.69 Å². The highest BCUT2D eigenvalue weighted by atomic mass is 16.5. The van der Waals surface area contributed by atoms with E-state index in [1.54, 1.807) is 24.3 Å². The summed E-state index contributed by atoms with van der Waals surface area (Å²) < 4.78 is 10.3. The number of anilines is 1. The fraction of sp³-hybridized carbons (Fsp3) is 0.545. The fourth-order valence-electron chi connectivity index (χ4n) is 5.11. The lowest BCUT2D eigenvalue weighted by molar-refractivity contribution is -0.149. The van der Waals surface area contributed by atoms with Crippen molar-refractivity contribution in [1.82, 2.24) is 4.90 Å². The Labute approximate surface area is 174 Å². The zero-order chi connectivity index (χ0) is 21.3. The number of benzene rings is 1. The predicted molar refractivity (Wildman–Crippen MR) is 106 cm³/mol. The molecule has 0 spiro atoms. The van der Waals surface area contributed by atoms with Crippen molar-refractivity contribution in [2.45, 2.75) is 32.6 Å². The standard InChI is InChI=1S/C22H26N2O6/c1-2-29-16-7-5-15(6-8-16)23-17(25)12-30-18(26)9-10-24-21(27)19-13-3-4-14(11-13)20(19)22(24)28/h5-8,13-14,19-20H,2-4,9-12H2,1H3,(H,23,25)/t13-,14+,19-,20-/m0/s1. The van der Waals surface area contributed by atoms with Crippen LogP contribution in [0.25, 0.3) is 0 Å². The lowest BCUT2D eigenvalue weighted by Gasteiger charge is -2.19. The third-order valence-electron chi connectivity index (χ3n) is 6.37. The zero-order valence-electron chi connectivity index (χ0n) is 17.0. The van der Waals surface area contributed by atoms with Crippen LogP contribution in [0, 0.1) is 23.7 Å². The molecule has 8 heteroatoms. The van der Waals surface area contributed by atoms with Gasteiger partial charge in [0.2, 0.25) is 11.8 Å². The van der Waals surface area contributed by atoms with E-state index in [1.165, 1.54) is 4.90 Å². The van der Waals surface area contributed by atoms with Gasteiger partial charge in [-0.3, -0.25) is 24.1 Å². The Balaban J connectivity index is 1.20. The first kappa shape index (κ1) is 20.4. The Morgan fingerprint density at radius 1 is 1.07 bits per heavy atom. The molecule has 2 bridgehead atoms. The fourth-order valence-corrected chi connectivity index (χ4v) is 5.11. The summed E-state index contributed by atoms with van der Waals surface area (Å²) in [6.07, 6.45) is 2.91. The SMILES string of the molecule is CCOc1ccc(NC(=O)COC(=O)CCN2C(=O)[C@H]3[C@@H]4CC[C@@H](C4)[C@@H]3C2=O)cc1. The molecule has 3 amide bonds. The molecule has 3 fully saturated rings. The summed E-state index contributed by atoms with van der Waals surface area (Å²) in [6.45, 7) is 2.03. The second kappa shape index (κ2) is 8.45. The number of rotatable bonds is 8. The van der Waals surface area contributed by atoms with Crippen molar-refractivity contribution in [2.24, 2.45) is 23.7 Å². The molecular formula is C22H26N2O6. The van der Waals surface area contributed by atoms with Crippen LogP contribution in [0.2, 0.25) is 0 Å². The first-order valence-electron chi connectivity index (χ1n) is 10.5. The molecule has 4 rings (SSSR count). The Bertz CT molecular complexity index is 824. The number of hydrogen-bond acceptors (Lipinski definition) is 6. The number of hydrogen-bond donors (Lipinski definition) is 1. The summed E-state index contributed by atoms with van der Waals surface area (Å²) in [7, 11) is 0. The van der Waals surface area contributed by atoms with Gasteiger partial charge in [-0.05, 0) is 62.3 Å². The Hall–Kier alpha value is -2.90. The van der Waals surface area contributed by atoms with Crippen molar-refractivity contribution >= 4 is 29.4 Å². The van der Waals surface area contributed by atoms with Gasteiger partial charge in [-0.15, -0.1) is 0 Å². The summed E-state index contributed by atoms with van der Waals surface area (Å²) in [5.74, 6) is -0.398. The molecule has 1 aromatic carbocycles. The van der Waals surface area contributed by atoms with Crippen LogP contribution in [-0.2, 0) is 23.9 Å². The second-order valence-electron chi connectivity index (χ2n) is 8.13. The number of esters is 1. The Kier molecular flexibility index (Phi) is 5.74. The Morgan fingerprint density at radius 3 is 2.30 bits per heavy atom. The van der Waals surface area contributed by atoms with Crippen LogP contribution < -0.4 is 10.1 Å². The van der Waals surface area contributed by atoms with Gasteiger partial charge >= 0.3 is 5.97 Å². The molecule has 30 heavy (non-hydrogen) atoms. The molecule has 2 saturated carbocycles. The summed E-state index contributed by atoms with van der Waals surface area (Å²) >= 11 is 0. The highest BCUT2D eigenvalue weighted by Crippen LogP contribution is 2.56. The van der Waals surface area contributed by atoms with E-state index in [9.17, 15) is 19.2 Å². The highest BCUT2D eigenvalue weighted by molar-refractivity contribution is 6.06. The number of ether oxygens (including phenoxy) is 2. The van der Waals surface area contributed by atoms with Gasteiger partial charge in [0.25, 0.3) is 5.91 Å². The predicted octanol–water partition coefficient (Wildman–Crippen LogP) is 1.99. The van der Waals surface area contributed by atoms with Crippen molar-refractivity contribution in [3.05, 3.63) is 24.3 Å². The highest BCUT2D eigenvalue weighted by Gasteiger charge is 2.60. The molecule has 1 saturated heterocycles. The van der Waals surface area contributed by atoms with Gasteiger partial charge in [-0.25, -0.2) is 0 Å². The lowest BCUT2D eigenvalue weighted by Crippen LogP contribution is -2.35. The van der Waals surface area contributed by atoms with Gasteiger partial charge in [0, 0.05) is 12.2 Å². The van der Waals surface area contributed by atoms with Crippen LogP contribution >= 0.6 is 0 Å². The number of amides is 3. The largest absolute Gasteiger partial charge is 0.494 e. The van der Waals surface area contributed by atoms with E-state index < -0.39 is 18.5 Å². The van der Waals surface area contributed by atoms with Crippen molar-refractivity contribution in [2.75, 3.05) is 25.1 Å². The van der Waals surface area contributed by atoms with Gasteiger partial charge < -0.3 is 14.8 Å². The van der Waals surface area contributed by atoms with E-state index in [4.69, 9.17) is 9.47 Å².